The minimum atomic E-state index is -0.163. The van der Waals surface area contributed by atoms with Crippen LogP contribution < -0.4 is 4.52 Å². The van der Waals surface area contributed by atoms with E-state index >= 15 is 0 Å². The molecule has 4 heteroatoms. The fraction of sp³-hybridized carbons (Fsp3) is 0.609. The highest BCUT2D eigenvalue weighted by atomic mass is 31.0. The maximum Gasteiger partial charge on any atom is 0.330 e. The second-order valence-electron chi connectivity index (χ2n) is 8.87. The lowest BCUT2D eigenvalue weighted by Crippen LogP contribution is -2.43. The van der Waals surface area contributed by atoms with Crippen LogP contribution in [0.2, 0.25) is 0 Å². The average Bonchev–Trinajstić information content (AvgIpc) is 2.97. The van der Waals surface area contributed by atoms with Gasteiger partial charge in [0.05, 0.1) is 16.1 Å². The summed E-state index contributed by atoms with van der Waals surface area (Å²) < 4.78 is 10.6. The minimum Gasteiger partial charge on any atom is -0.480 e. The Bertz CT molecular complexity index is 771. The van der Waals surface area contributed by atoms with Crippen LogP contribution in [0.4, 0.5) is 0 Å². The minimum absolute atomic E-state index is 0.156. The third-order valence-electron chi connectivity index (χ3n) is 7.61. The number of fused-ring (bicyclic) bond motifs is 5. The van der Waals surface area contributed by atoms with Crippen molar-refractivity contribution < 1.29 is 14.1 Å². The molecule has 0 bridgehead atoms. The smallest absolute Gasteiger partial charge is 0.330 e. The Balaban J connectivity index is 1.65. The van der Waals surface area contributed by atoms with Gasteiger partial charge in [-0.05, 0) is 91.4 Å². The Labute approximate surface area is 165 Å². The van der Waals surface area contributed by atoms with Crippen LogP contribution in [0, 0.1) is 23.2 Å². The van der Waals surface area contributed by atoms with Gasteiger partial charge in [0.15, 0.2) is 0 Å². The van der Waals surface area contributed by atoms with E-state index in [-0.39, 0.29) is 11.4 Å². The highest BCUT2D eigenvalue weighted by Crippen LogP contribution is 2.63. The fourth-order valence-corrected chi connectivity index (χ4v) is 6.59. The summed E-state index contributed by atoms with van der Waals surface area (Å²) in [6.07, 6.45) is 7.56. The van der Waals surface area contributed by atoms with Crippen molar-refractivity contribution >= 4 is 15.4 Å². The summed E-state index contributed by atoms with van der Waals surface area (Å²) in [6, 6.07) is 6.63. The van der Waals surface area contributed by atoms with Crippen molar-refractivity contribution in [2.45, 2.75) is 58.8 Å². The van der Waals surface area contributed by atoms with Gasteiger partial charge in [-0.2, -0.15) is 0 Å². The first-order chi connectivity index (χ1) is 13.0. The Hall–Kier alpha value is -1.34. The van der Waals surface area contributed by atoms with Gasteiger partial charge in [-0.25, -0.2) is 4.79 Å². The van der Waals surface area contributed by atoms with Crippen LogP contribution in [-0.4, -0.2) is 12.6 Å². The second-order valence-corrected chi connectivity index (χ2v) is 9.10. The van der Waals surface area contributed by atoms with Crippen LogP contribution >= 0.6 is 9.47 Å². The summed E-state index contributed by atoms with van der Waals surface area (Å²) in [4.78, 5) is 12.1. The van der Waals surface area contributed by atoms with Gasteiger partial charge in [0.1, 0.15) is 5.75 Å². The van der Waals surface area contributed by atoms with Crippen LogP contribution in [0.15, 0.2) is 29.8 Å². The van der Waals surface area contributed by atoms with E-state index in [9.17, 15) is 4.79 Å². The number of hydrogen-bond donors (Lipinski definition) is 0. The highest BCUT2D eigenvalue weighted by molar-refractivity contribution is 7.10. The SMILES string of the molecule is CCOC(=O)/C=C1\CCC2C3C(C)Cc4cc(OP)ccc4C3CCC12C. The summed E-state index contributed by atoms with van der Waals surface area (Å²) in [6.45, 7) is 7.14. The quantitative estimate of drug-likeness (QED) is 0.394. The lowest BCUT2D eigenvalue weighted by molar-refractivity contribution is -0.137. The van der Waals surface area contributed by atoms with E-state index < -0.39 is 0 Å². The standard InChI is InChI=1S/C23H31O3P/c1-4-25-21(24)13-16-5-8-20-22-14(2)11-15-12-17(26-27)6-7-18(15)19(22)9-10-23(16,20)3/h6-7,12-14,19-20,22H,4-5,8-11,27H2,1-3H3/b16-13+. The van der Waals surface area contributed by atoms with E-state index in [0.29, 0.717) is 30.3 Å². The molecule has 146 valence electrons. The summed E-state index contributed by atoms with van der Waals surface area (Å²) >= 11 is 0. The molecule has 0 radical (unpaired) electrons. The van der Waals surface area contributed by atoms with E-state index in [1.165, 1.54) is 29.5 Å². The maximum absolute atomic E-state index is 12.1. The van der Waals surface area contributed by atoms with Crippen LogP contribution in [0.5, 0.6) is 5.75 Å². The average molecular weight is 386 g/mol. The largest absolute Gasteiger partial charge is 0.480 e. The molecule has 3 nitrogen and oxygen atoms in total. The molecule has 0 aliphatic heterocycles. The van der Waals surface area contributed by atoms with Crippen molar-refractivity contribution in [1.82, 2.24) is 0 Å². The van der Waals surface area contributed by atoms with Gasteiger partial charge in [0.2, 0.25) is 0 Å². The second kappa shape index (κ2) is 7.24. The predicted octanol–water partition coefficient (Wildman–Crippen LogP) is 5.45. The molecule has 0 spiro atoms. The third kappa shape index (κ3) is 3.12. The van der Waals surface area contributed by atoms with Gasteiger partial charge in [0, 0.05) is 6.08 Å². The molecule has 1 aromatic rings. The molecule has 2 fully saturated rings. The van der Waals surface area contributed by atoms with Crippen LogP contribution in [0.25, 0.3) is 0 Å². The molecule has 0 heterocycles. The predicted molar refractivity (Wildman–Crippen MR) is 111 cm³/mol. The Morgan fingerprint density at radius 2 is 2.19 bits per heavy atom. The van der Waals surface area contributed by atoms with Crippen LogP contribution in [0.3, 0.4) is 0 Å². The summed E-state index contributed by atoms with van der Waals surface area (Å²) in [5.41, 5.74) is 4.48. The zero-order valence-electron chi connectivity index (χ0n) is 16.7. The van der Waals surface area contributed by atoms with E-state index in [2.05, 4.69) is 41.5 Å². The van der Waals surface area contributed by atoms with Crippen LogP contribution in [0.1, 0.15) is 63.5 Å². The van der Waals surface area contributed by atoms with Crippen LogP contribution in [-0.2, 0) is 16.0 Å². The molecule has 27 heavy (non-hydrogen) atoms. The Morgan fingerprint density at radius 3 is 2.93 bits per heavy atom. The number of carbonyl (C=O) groups excluding carboxylic acids is 1. The Morgan fingerprint density at radius 1 is 1.37 bits per heavy atom. The van der Waals surface area contributed by atoms with Gasteiger partial charge >= 0.3 is 5.97 Å². The van der Waals surface area contributed by atoms with Gasteiger partial charge in [-0.15, -0.1) is 0 Å². The first-order valence-corrected chi connectivity index (χ1v) is 10.8. The molecule has 1 aromatic carbocycles. The third-order valence-corrected chi connectivity index (χ3v) is 7.88. The zero-order chi connectivity index (χ0) is 19.2. The molecule has 3 aliphatic rings. The van der Waals surface area contributed by atoms with Crippen molar-refractivity contribution in [2.75, 3.05) is 6.61 Å². The van der Waals surface area contributed by atoms with Gasteiger partial charge in [-0.3, -0.25) is 0 Å². The number of esters is 1. The van der Waals surface area contributed by atoms with E-state index in [4.69, 9.17) is 9.26 Å². The molecule has 0 aromatic heterocycles. The number of hydrogen-bond acceptors (Lipinski definition) is 3. The van der Waals surface area contributed by atoms with E-state index in [1.54, 1.807) is 0 Å². The van der Waals surface area contributed by atoms with E-state index in [0.717, 1.165) is 25.0 Å². The van der Waals surface area contributed by atoms with Crippen molar-refractivity contribution in [1.29, 1.82) is 0 Å². The lowest BCUT2D eigenvalue weighted by atomic mass is 9.52. The molecule has 6 atom stereocenters. The first-order valence-electron chi connectivity index (χ1n) is 10.3. The van der Waals surface area contributed by atoms with Crippen molar-refractivity contribution in [3.8, 4) is 5.75 Å². The number of allylic oxidation sites excluding steroid dienone is 1. The van der Waals surface area contributed by atoms with Gasteiger partial charge < -0.3 is 9.26 Å². The molecular weight excluding hydrogens is 355 g/mol. The molecule has 0 saturated heterocycles. The topological polar surface area (TPSA) is 35.5 Å². The van der Waals surface area contributed by atoms with Crippen molar-refractivity contribution in [2.24, 2.45) is 23.2 Å². The fourth-order valence-electron chi connectivity index (χ4n) is 6.44. The van der Waals surface area contributed by atoms with Crippen molar-refractivity contribution in [3.05, 3.63) is 41.0 Å². The lowest BCUT2D eigenvalue weighted by Gasteiger charge is -2.52. The normalized spacial score (nSPS) is 35.9. The molecular formula is C23H31O3P. The zero-order valence-corrected chi connectivity index (χ0v) is 17.8. The number of benzene rings is 1. The number of rotatable bonds is 3. The summed E-state index contributed by atoms with van der Waals surface area (Å²) in [5.74, 6) is 3.44. The van der Waals surface area contributed by atoms with E-state index in [1.807, 2.05) is 13.0 Å². The van der Waals surface area contributed by atoms with Gasteiger partial charge in [-0.1, -0.05) is 25.5 Å². The molecule has 0 N–H and O–H groups in total. The number of ether oxygens (including phenoxy) is 1. The summed E-state index contributed by atoms with van der Waals surface area (Å²) in [5, 5.41) is 0. The number of carbonyl (C=O) groups is 1. The molecule has 6 unspecified atom stereocenters. The monoisotopic (exact) mass is 386 g/mol. The first kappa shape index (κ1) is 19.0. The Kier molecular flexibility index (Phi) is 5.10. The molecule has 3 aliphatic carbocycles. The summed E-state index contributed by atoms with van der Waals surface area (Å²) in [7, 11) is 2.35. The van der Waals surface area contributed by atoms with Gasteiger partial charge in [0.25, 0.3) is 0 Å². The molecule has 0 amide bonds. The molecule has 2 saturated carbocycles. The molecule has 4 rings (SSSR count). The highest BCUT2D eigenvalue weighted by Gasteiger charge is 2.54. The van der Waals surface area contributed by atoms with Crippen molar-refractivity contribution in [3.63, 3.8) is 0 Å². The maximum atomic E-state index is 12.1.